The average Bonchev–Trinajstić information content (AvgIpc) is 2.86. The molecule has 0 saturated carbocycles. The molecule has 2 aromatic carbocycles. The van der Waals surface area contributed by atoms with Gasteiger partial charge in [-0.3, -0.25) is 4.90 Å². The van der Waals surface area contributed by atoms with Crippen LogP contribution < -0.4 is 0 Å². The molecule has 1 aliphatic rings. The van der Waals surface area contributed by atoms with E-state index in [2.05, 4.69) is 47.7 Å². The van der Waals surface area contributed by atoms with Crippen LogP contribution in [0.15, 0.2) is 42.5 Å². The minimum absolute atomic E-state index is 0.362. The van der Waals surface area contributed by atoms with Crippen molar-refractivity contribution in [1.29, 1.82) is 0 Å². The van der Waals surface area contributed by atoms with E-state index in [-0.39, 0.29) is 0 Å². The summed E-state index contributed by atoms with van der Waals surface area (Å²) in [5.74, 6) is 0. The zero-order chi connectivity index (χ0) is 16.1. The fourth-order valence-electron chi connectivity index (χ4n) is 3.61. The van der Waals surface area contributed by atoms with E-state index in [1.165, 1.54) is 22.2 Å². The van der Waals surface area contributed by atoms with Gasteiger partial charge in [-0.1, -0.05) is 23.2 Å². The second-order valence-electron chi connectivity index (χ2n) is 6.24. The van der Waals surface area contributed by atoms with Crippen LogP contribution in [0, 0.1) is 0 Å². The molecule has 1 atom stereocenters. The number of hydrogen-bond acceptors (Lipinski definition) is 1. The zero-order valence-electron chi connectivity index (χ0n) is 13.2. The molecule has 2 heterocycles. The van der Waals surface area contributed by atoms with Crippen LogP contribution in [0.25, 0.3) is 16.6 Å². The van der Waals surface area contributed by atoms with Crippen LogP contribution in [0.5, 0.6) is 0 Å². The minimum atomic E-state index is 0.362. The van der Waals surface area contributed by atoms with E-state index in [0.717, 1.165) is 28.7 Å². The lowest BCUT2D eigenvalue weighted by atomic mass is 9.99. The largest absolute Gasteiger partial charge is 0.312 e. The van der Waals surface area contributed by atoms with Gasteiger partial charge in [-0.05, 0) is 68.4 Å². The molecule has 0 amide bonds. The molecule has 4 heteroatoms. The van der Waals surface area contributed by atoms with Gasteiger partial charge in [0.2, 0.25) is 0 Å². The summed E-state index contributed by atoms with van der Waals surface area (Å²) in [6.07, 6.45) is 1.05. The van der Waals surface area contributed by atoms with Gasteiger partial charge >= 0.3 is 0 Å². The molecule has 3 aromatic rings. The third kappa shape index (κ3) is 2.37. The topological polar surface area (TPSA) is 8.17 Å². The molecule has 0 saturated heterocycles. The van der Waals surface area contributed by atoms with Gasteiger partial charge in [0.1, 0.15) is 0 Å². The number of nitrogens with zero attached hydrogens (tertiary/aromatic N) is 2. The summed E-state index contributed by atoms with van der Waals surface area (Å²) in [5.41, 5.74) is 5.13. The van der Waals surface area contributed by atoms with Crippen molar-refractivity contribution in [1.82, 2.24) is 9.47 Å². The summed E-state index contributed by atoms with van der Waals surface area (Å²) in [4.78, 5) is 2.40. The quantitative estimate of drug-likeness (QED) is 0.566. The molecule has 1 unspecified atom stereocenters. The predicted molar refractivity (Wildman–Crippen MR) is 98.0 cm³/mol. The third-order valence-corrected chi connectivity index (χ3v) is 5.42. The van der Waals surface area contributed by atoms with Crippen molar-refractivity contribution in [3.63, 3.8) is 0 Å². The van der Waals surface area contributed by atoms with E-state index in [9.17, 15) is 0 Å². The van der Waals surface area contributed by atoms with E-state index in [1.54, 1.807) is 0 Å². The first-order chi connectivity index (χ1) is 11.1. The highest BCUT2D eigenvalue weighted by molar-refractivity contribution is 6.31. The third-order valence-electron chi connectivity index (χ3n) is 4.93. The Morgan fingerprint density at radius 3 is 2.43 bits per heavy atom. The predicted octanol–water partition coefficient (Wildman–Crippen LogP) is 5.49. The Kier molecular flexibility index (Phi) is 3.64. The minimum Gasteiger partial charge on any atom is -0.312 e. The zero-order valence-corrected chi connectivity index (χ0v) is 14.7. The van der Waals surface area contributed by atoms with Crippen LogP contribution in [0.4, 0.5) is 0 Å². The number of fused-ring (bicyclic) bond motifs is 3. The maximum Gasteiger partial charge on any atom is 0.0536 e. The maximum atomic E-state index is 6.27. The fraction of sp³-hybridized carbons (Fsp3) is 0.263. The molecule has 0 aliphatic carbocycles. The van der Waals surface area contributed by atoms with Crippen LogP contribution in [-0.4, -0.2) is 23.1 Å². The molecule has 23 heavy (non-hydrogen) atoms. The normalized spacial score (nSPS) is 18.3. The fourth-order valence-corrected chi connectivity index (χ4v) is 3.91. The lowest BCUT2D eigenvalue weighted by Gasteiger charge is -2.31. The first-order valence-electron chi connectivity index (χ1n) is 7.85. The molecule has 4 rings (SSSR count). The van der Waals surface area contributed by atoms with Gasteiger partial charge in [-0.25, -0.2) is 0 Å². The molecular formula is C19H18Cl2N2. The van der Waals surface area contributed by atoms with Crippen molar-refractivity contribution in [2.24, 2.45) is 0 Å². The van der Waals surface area contributed by atoms with Crippen LogP contribution in [0.3, 0.4) is 0 Å². The van der Waals surface area contributed by atoms with Crippen LogP contribution >= 0.6 is 23.2 Å². The van der Waals surface area contributed by atoms with Crippen LogP contribution in [0.2, 0.25) is 10.0 Å². The summed E-state index contributed by atoms with van der Waals surface area (Å²) in [6.45, 7) is 3.34. The van der Waals surface area contributed by atoms with Gasteiger partial charge in [0.25, 0.3) is 0 Å². The number of aromatic nitrogens is 1. The molecular weight excluding hydrogens is 327 g/mol. The highest BCUT2D eigenvalue weighted by atomic mass is 35.5. The Bertz CT molecular complexity index is 881. The van der Waals surface area contributed by atoms with E-state index in [4.69, 9.17) is 23.2 Å². The second-order valence-corrected chi connectivity index (χ2v) is 7.12. The first-order valence-corrected chi connectivity index (χ1v) is 8.61. The Balaban J connectivity index is 2.07. The highest BCUT2D eigenvalue weighted by Gasteiger charge is 2.28. The van der Waals surface area contributed by atoms with Gasteiger partial charge in [0, 0.05) is 39.4 Å². The van der Waals surface area contributed by atoms with E-state index < -0.39 is 0 Å². The highest BCUT2D eigenvalue weighted by Crippen LogP contribution is 2.39. The number of benzene rings is 2. The van der Waals surface area contributed by atoms with Crippen molar-refractivity contribution >= 4 is 34.1 Å². The SMILES string of the molecule is CC1c2c(c3cc(Cl)ccc3n2-c2ccc(Cl)cc2)CCN1C. The number of halogens is 2. The Morgan fingerprint density at radius 2 is 1.70 bits per heavy atom. The first kappa shape index (κ1) is 15.1. The van der Waals surface area contributed by atoms with Gasteiger partial charge in [0.15, 0.2) is 0 Å². The number of likely N-dealkylation sites (N-methyl/N-ethyl adjacent to an activating group) is 1. The Morgan fingerprint density at radius 1 is 1.00 bits per heavy atom. The van der Waals surface area contributed by atoms with Gasteiger partial charge < -0.3 is 4.57 Å². The number of rotatable bonds is 1. The summed E-state index contributed by atoms with van der Waals surface area (Å²) >= 11 is 12.3. The lowest BCUT2D eigenvalue weighted by molar-refractivity contribution is 0.241. The van der Waals surface area contributed by atoms with Gasteiger partial charge in [-0.15, -0.1) is 0 Å². The summed E-state index contributed by atoms with van der Waals surface area (Å²) < 4.78 is 2.36. The summed E-state index contributed by atoms with van der Waals surface area (Å²) in [5, 5.41) is 2.81. The molecule has 0 fully saturated rings. The van der Waals surface area contributed by atoms with Crippen LogP contribution in [0.1, 0.15) is 24.2 Å². The maximum absolute atomic E-state index is 6.27. The summed E-state index contributed by atoms with van der Waals surface area (Å²) in [6, 6.07) is 14.6. The van der Waals surface area contributed by atoms with Crippen molar-refractivity contribution in [2.75, 3.05) is 13.6 Å². The molecule has 1 aliphatic heterocycles. The standard InChI is InChI=1S/C19H18Cl2N2/c1-12-19-16(9-10-22(12)2)17-11-14(21)5-8-18(17)23(19)15-6-3-13(20)4-7-15/h3-8,11-12H,9-10H2,1-2H3. The van der Waals surface area contributed by atoms with Gasteiger partial charge in [0.05, 0.1) is 5.52 Å². The van der Waals surface area contributed by atoms with E-state index in [1.807, 2.05) is 18.2 Å². The van der Waals surface area contributed by atoms with Crippen LogP contribution in [-0.2, 0) is 6.42 Å². The molecule has 118 valence electrons. The van der Waals surface area contributed by atoms with Crippen molar-refractivity contribution in [2.45, 2.75) is 19.4 Å². The average molecular weight is 345 g/mol. The Hall–Kier alpha value is -1.48. The molecule has 0 radical (unpaired) electrons. The molecule has 0 bridgehead atoms. The van der Waals surface area contributed by atoms with Gasteiger partial charge in [-0.2, -0.15) is 0 Å². The van der Waals surface area contributed by atoms with Crippen molar-refractivity contribution in [3.8, 4) is 5.69 Å². The van der Waals surface area contributed by atoms with E-state index in [0.29, 0.717) is 6.04 Å². The number of hydrogen-bond donors (Lipinski definition) is 0. The van der Waals surface area contributed by atoms with Crippen molar-refractivity contribution in [3.05, 3.63) is 63.8 Å². The molecule has 1 aromatic heterocycles. The van der Waals surface area contributed by atoms with E-state index >= 15 is 0 Å². The van der Waals surface area contributed by atoms with Crippen molar-refractivity contribution < 1.29 is 0 Å². The smallest absolute Gasteiger partial charge is 0.0536 e. The Labute approximate surface area is 146 Å². The second kappa shape index (κ2) is 5.55. The summed E-state index contributed by atoms with van der Waals surface area (Å²) in [7, 11) is 2.18. The molecule has 0 spiro atoms. The monoisotopic (exact) mass is 344 g/mol. The molecule has 2 nitrogen and oxygen atoms in total. The molecule has 0 N–H and O–H groups in total. The lowest BCUT2D eigenvalue weighted by Crippen LogP contribution is -2.31.